The van der Waals surface area contributed by atoms with Gasteiger partial charge in [0, 0.05) is 48.3 Å². The number of carbonyl (C=O) groups is 2. The molecule has 1 N–H and O–H groups in total. The van der Waals surface area contributed by atoms with Crippen molar-refractivity contribution in [2.24, 2.45) is 0 Å². The van der Waals surface area contributed by atoms with Crippen LogP contribution >= 0.6 is 0 Å². The number of ether oxygens (including phenoxy) is 1. The number of piperazine rings is 1. The summed E-state index contributed by atoms with van der Waals surface area (Å²) in [5, 5.41) is 12.5. The number of nitrogens with one attached hydrogen (secondary N) is 1. The summed E-state index contributed by atoms with van der Waals surface area (Å²) in [5.41, 5.74) is 3.25. The molecule has 1 fully saturated rings. The van der Waals surface area contributed by atoms with Crippen LogP contribution < -0.4 is 0 Å². The monoisotopic (exact) mass is 476 g/mol. The topological polar surface area (TPSA) is 109 Å². The van der Waals surface area contributed by atoms with E-state index < -0.39 is 17.0 Å². The van der Waals surface area contributed by atoms with Gasteiger partial charge in [0.2, 0.25) is 11.8 Å². The van der Waals surface area contributed by atoms with E-state index in [1.54, 1.807) is 21.9 Å². The van der Waals surface area contributed by atoms with E-state index in [2.05, 4.69) is 4.98 Å². The lowest BCUT2D eigenvalue weighted by atomic mass is 9.86. The first-order valence-corrected chi connectivity index (χ1v) is 11.9. The van der Waals surface area contributed by atoms with Crippen LogP contribution in [-0.4, -0.2) is 63.4 Å². The highest BCUT2D eigenvalue weighted by molar-refractivity contribution is 5.97. The fourth-order valence-electron chi connectivity index (χ4n) is 5.24. The number of benzene rings is 2. The largest absolute Gasteiger partial charge is 0.379 e. The highest BCUT2D eigenvalue weighted by Gasteiger charge is 2.48. The molecule has 0 radical (unpaired) electrons. The molecule has 9 heteroatoms. The number of H-pyrrole nitrogens is 1. The third kappa shape index (κ3) is 4.16. The number of amides is 2. The van der Waals surface area contributed by atoms with E-state index in [1.807, 2.05) is 38.1 Å². The molecule has 5 rings (SSSR count). The summed E-state index contributed by atoms with van der Waals surface area (Å²) in [6.07, 6.45) is 1.16. The van der Waals surface area contributed by atoms with Gasteiger partial charge in [-0.2, -0.15) is 0 Å². The molecule has 0 unspecified atom stereocenters. The molecule has 2 amide bonds. The van der Waals surface area contributed by atoms with Crippen molar-refractivity contribution in [3.8, 4) is 0 Å². The van der Waals surface area contributed by atoms with E-state index in [4.69, 9.17) is 4.74 Å². The minimum Gasteiger partial charge on any atom is -0.379 e. The summed E-state index contributed by atoms with van der Waals surface area (Å²) in [7, 11) is 0. The van der Waals surface area contributed by atoms with E-state index in [-0.39, 0.29) is 30.2 Å². The predicted molar refractivity (Wildman–Crippen MR) is 130 cm³/mol. The number of fused-ring (bicyclic) bond motifs is 4. The molecule has 0 aliphatic carbocycles. The molecule has 0 spiro atoms. The third-order valence-corrected chi connectivity index (χ3v) is 6.76. The highest BCUT2D eigenvalue weighted by Crippen LogP contribution is 2.43. The molecule has 182 valence electrons. The van der Waals surface area contributed by atoms with Crippen molar-refractivity contribution in [2.45, 2.75) is 44.9 Å². The van der Waals surface area contributed by atoms with Gasteiger partial charge in [-0.05, 0) is 37.5 Å². The molecule has 3 aromatic rings. The van der Waals surface area contributed by atoms with Crippen molar-refractivity contribution >= 4 is 28.4 Å². The van der Waals surface area contributed by atoms with Gasteiger partial charge in [-0.25, -0.2) is 0 Å². The number of hydrogen-bond acceptors (Lipinski definition) is 5. The van der Waals surface area contributed by atoms with Crippen LogP contribution in [0.4, 0.5) is 5.69 Å². The van der Waals surface area contributed by atoms with Crippen LogP contribution in [0.5, 0.6) is 0 Å². The van der Waals surface area contributed by atoms with Crippen LogP contribution in [0.1, 0.15) is 43.1 Å². The summed E-state index contributed by atoms with van der Waals surface area (Å²) in [5.74, 6) is -0.263. The summed E-state index contributed by atoms with van der Waals surface area (Å²) in [6.45, 7) is 4.87. The van der Waals surface area contributed by atoms with Gasteiger partial charge in [0.15, 0.2) is 0 Å². The maximum absolute atomic E-state index is 13.6. The standard InChI is InChI=1S/C26H28N4O5/c1-16(2)35-12-6-11-28-15-23(31)29-22(26(28)32)14-20-19-9-3-4-10-21(19)27-24(20)25(29)17-7-5-8-18(13-17)30(33)34/h3-5,7-10,13,16,22,25,27H,6,11-12,14-15H2,1-2H3/t22-,25+/m0/s1. The first-order chi connectivity index (χ1) is 16.8. The Bertz CT molecular complexity index is 1300. The Hall–Kier alpha value is -3.72. The van der Waals surface area contributed by atoms with Gasteiger partial charge in [-0.3, -0.25) is 19.7 Å². The zero-order valence-electron chi connectivity index (χ0n) is 19.8. The molecule has 0 bridgehead atoms. The van der Waals surface area contributed by atoms with Gasteiger partial charge >= 0.3 is 0 Å². The zero-order chi connectivity index (χ0) is 24.7. The quantitative estimate of drug-likeness (QED) is 0.319. The summed E-state index contributed by atoms with van der Waals surface area (Å²) >= 11 is 0. The predicted octanol–water partition coefficient (Wildman–Crippen LogP) is 3.58. The van der Waals surface area contributed by atoms with Crippen molar-refractivity contribution < 1.29 is 19.2 Å². The van der Waals surface area contributed by atoms with Crippen molar-refractivity contribution in [3.63, 3.8) is 0 Å². The van der Waals surface area contributed by atoms with Crippen LogP contribution in [0, 0.1) is 10.1 Å². The lowest BCUT2D eigenvalue weighted by Crippen LogP contribution is -2.63. The Balaban J connectivity index is 1.55. The van der Waals surface area contributed by atoms with Crippen LogP contribution in [0.25, 0.3) is 10.9 Å². The number of rotatable bonds is 7. The van der Waals surface area contributed by atoms with E-state index in [1.165, 1.54) is 12.1 Å². The fraction of sp³-hybridized carbons (Fsp3) is 0.385. The van der Waals surface area contributed by atoms with Gasteiger partial charge in [0.25, 0.3) is 5.69 Å². The van der Waals surface area contributed by atoms with Crippen LogP contribution in [0.3, 0.4) is 0 Å². The Morgan fingerprint density at radius 2 is 1.97 bits per heavy atom. The minimum absolute atomic E-state index is 0.0159. The number of nitro benzene ring substituents is 1. The zero-order valence-corrected chi connectivity index (χ0v) is 19.8. The van der Waals surface area contributed by atoms with Gasteiger partial charge in [0.1, 0.15) is 6.04 Å². The molecule has 1 aromatic heterocycles. The Morgan fingerprint density at radius 1 is 1.17 bits per heavy atom. The molecule has 3 heterocycles. The Morgan fingerprint density at radius 3 is 2.74 bits per heavy atom. The maximum Gasteiger partial charge on any atom is 0.269 e. The van der Waals surface area contributed by atoms with Crippen molar-refractivity contribution in [2.75, 3.05) is 19.7 Å². The number of non-ortho nitro benzene ring substituents is 1. The molecule has 1 saturated heterocycles. The van der Waals surface area contributed by atoms with Crippen LogP contribution in [0.15, 0.2) is 48.5 Å². The third-order valence-electron chi connectivity index (χ3n) is 6.76. The van der Waals surface area contributed by atoms with Gasteiger partial charge in [0.05, 0.1) is 23.6 Å². The molecular formula is C26H28N4O5. The minimum atomic E-state index is -0.668. The highest BCUT2D eigenvalue weighted by atomic mass is 16.6. The molecular weight excluding hydrogens is 448 g/mol. The van der Waals surface area contributed by atoms with E-state index in [9.17, 15) is 19.7 Å². The van der Waals surface area contributed by atoms with Crippen molar-refractivity contribution in [1.29, 1.82) is 0 Å². The van der Waals surface area contributed by atoms with Crippen LogP contribution in [0.2, 0.25) is 0 Å². The van der Waals surface area contributed by atoms with E-state index >= 15 is 0 Å². The molecule has 2 aliphatic rings. The number of aromatic amines is 1. The average molecular weight is 477 g/mol. The smallest absolute Gasteiger partial charge is 0.269 e. The number of nitrogens with zero attached hydrogens (tertiary/aromatic N) is 3. The molecule has 9 nitrogen and oxygen atoms in total. The van der Waals surface area contributed by atoms with Crippen molar-refractivity contribution in [3.05, 3.63) is 75.5 Å². The second-order valence-electron chi connectivity index (χ2n) is 9.37. The number of aromatic nitrogens is 1. The van der Waals surface area contributed by atoms with Crippen molar-refractivity contribution in [1.82, 2.24) is 14.8 Å². The normalized spacial score (nSPS) is 19.9. The number of carbonyl (C=O) groups excluding carboxylic acids is 2. The Kier molecular flexibility index (Phi) is 6.02. The number of hydrogen-bond donors (Lipinski definition) is 1. The Labute approximate surface area is 202 Å². The summed E-state index contributed by atoms with van der Waals surface area (Å²) < 4.78 is 5.60. The second-order valence-corrected chi connectivity index (χ2v) is 9.37. The summed E-state index contributed by atoms with van der Waals surface area (Å²) in [6, 6.07) is 12.9. The van der Waals surface area contributed by atoms with Gasteiger partial charge < -0.3 is 19.5 Å². The lowest BCUT2D eigenvalue weighted by molar-refractivity contribution is -0.384. The van der Waals surface area contributed by atoms with Gasteiger partial charge in [-0.15, -0.1) is 0 Å². The average Bonchev–Trinajstić information content (AvgIpc) is 3.21. The number of para-hydroxylation sites is 1. The van der Waals surface area contributed by atoms with E-state index in [0.29, 0.717) is 31.6 Å². The molecule has 2 aliphatic heterocycles. The number of nitro groups is 1. The lowest BCUT2D eigenvalue weighted by Gasteiger charge is -2.47. The maximum atomic E-state index is 13.6. The molecule has 2 atom stereocenters. The SMILES string of the molecule is CC(C)OCCCN1CC(=O)N2[C@H](c3cccc([N+](=O)[O-])c3)c3[nH]c4ccccc4c3C[C@H]2C1=O. The molecule has 35 heavy (non-hydrogen) atoms. The first-order valence-electron chi connectivity index (χ1n) is 11.9. The van der Waals surface area contributed by atoms with E-state index in [0.717, 1.165) is 22.2 Å². The van der Waals surface area contributed by atoms with Crippen LogP contribution in [-0.2, 0) is 20.7 Å². The molecule has 2 aromatic carbocycles. The van der Waals surface area contributed by atoms with Gasteiger partial charge in [-0.1, -0.05) is 30.3 Å². The fourth-order valence-corrected chi connectivity index (χ4v) is 5.24. The molecule has 0 saturated carbocycles. The summed E-state index contributed by atoms with van der Waals surface area (Å²) in [4.78, 5) is 44.9. The second kappa shape index (κ2) is 9.14. The first kappa shape index (κ1) is 23.0.